The third kappa shape index (κ3) is 8.38. The van der Waals surface area contributed by atoms with Gasteiger partial charge in [-0.15, -0.1) is 0 Å². The molecule has 1 saturated heterocycles. The number of amides is 2. The number of aromatic nitrogens is 2. The van der Waals surface area contributed by atoms with Crippen molar-refractivity contribution in [1.82, 2.24) is 25.5 Å². The number of carboxylic acid groups (broad SMARTS) is 1. The van der Waals surface area contributed by atoms with Crippen LogP contribution in [0, 0.1) is 0 Å². The van der Waals surface area contributed by atoms with Crippen molar-refractivity contribution in [2.24, 2.45) is 0 Å². The van der Waals surface area contributed by atoms with Crippen LogP contribution in [0.4, 0.5) is 19.0 Å². The molecule has 38 heavy (non-hydrogen) atoms. The van der Waals surface area contributed by atoms with Gasteiger partial charge in [0.2, 0.25) is 5.91 Å². The summed E-state index contributed by atoms with van der Waals surface area (Å²) in [6.07, 6.45) is -2.54. The van der Waals surface area contributed by atoms with Crippen LogP contribution in [0.2, 0.25) is 0 Å². The lowest BCUT2D eigenvalue weighted by Gasteiger charge is -2.39. The highest BCUT2D eigenvalue weighted by Crippen LogP contribution is 2.21. The number of carbonyl (C=O) groups excluding carboxylic acids is 2. The predicted molar refractivity (Wildman–Crippen MR) is 129 cm³/mol. The molecule has 14 heteroatoms. The fourth-order valence-electron chi connectivity index (χ4n) is 3.98. The number of fused-ring (bicyclic) bond motifs is 1. The molecule has 2 aliphatic rings. The number of nitrogens with one attached hydrogen (secondary N) is 3. The van der Waals surface area contributed by atoms with Gasteiger partial charge in [-0.2, -0.15) is 13.2 Å². The smallest absolute Gasteiger partial charge is 0.475 e. The first-order valence-electron chi connectivity index (χ1n) is 11.8. The summed E-state index contributed by atoms with van der Waals surface area (Å²) >= 11 is 0. The molecule has 0 spiro atoms. The lowest BCUT2D eigenvalue weighted by atomic mass is 10.1. The number of aliphatic hydroxyl groups is 1. The van der Waals surface area contributed by atoms with Crippen LogP contribution in [0.15, 0.2) is 36.7 Å². The summed E-state index contributed by atoms with van der Waals surface area (Å²) in [6.45, 7) is 3.32. The average Bonchev–Trinajstić information content (AvgIpc) is 3.26. The van der Waals surface area contributed by atoms with Gasteiger partial charge in [0, 0.05) is 45.2 Å². The summed E-state index contributed by atoms with van der Waals surface area (Å²) in [5, 5.41) is 26.7. The molecule has 2 heterocycles. The van der Waals surface area contributed by atoms with E-state index < -0.39 is 18.2 Å². The van der Waals surface area contributed by atoms with Gasteiger partial charge in [-0.05, 0) is 24.0 Å². The van der Waals surface area contributed by atoms with Crippen LogP contribution in [-0.2, 0) is 22.4 Å². The molecule has 2 aromatic rings. The van der Waals surface area contributed by atoms with Crippen LogP contribution in [0.3, 0.4) is 0 Å². The molecule has 1 atom stereocenters. The molecule has 0 radical (unpaired) electrons. The van der Waals surface area contributed by atoms with Crippen LogP contribution in [0.1, 0.15) is 28.5 Å². The van der Waals surface area contributed by atoms with Gasteiger partial charge >= 0.3 is 12.1 Å². The van der Waals surface area contributed by atoms with Crippen molar-refractivity contribution in [3.8, 4) is 0 Å². The van der Waals surface area contributed by atoms with Gasteiger partial charge in [-0.25, -0.2) is 14.8 Å². The maximum absolute atomic E-state index is 12.4. The summed E-state index contributed by atoms with van der Waals surface area (Å²) in [5.41, 5.74) is 2.94. The van der Waals surface area contributed by atoms with E-state index in [2.05, 4.69) is 38.1 Å². The number of aliphatic carboxylic acids is 1. The number of hydrogen-bond donors (Lipinski definition) is 5. The van der Waals surface area contributed by atoms with E-state index >= 15 is 0 Å². The molecule has 1 aliphatic heterocycles. The number of alkyl halides is 3. The molecule has 1 aromatic heterocycles. The summed E-state index contributed by atoms with van der Waals surface area (Å²) in [6, 6.07) is 10.4. The third-order valence-electron chi connectivity index (χ3n) is 6.01. The minimum atomic E-state index is -5.08. The number of nitrogens with zero attached hydrogens (tertiary/aromatic N) is 3. The number of anilines is 1. The maximum atomic E-state index is 12.4. The van der Waals surface area contributed by atoms with Gasteiger partial charge in [0.15, 0.2) is 0 Å². The Bertz CT molecular complexity index is 1120. The number of carbonyl (C=O) groups is 3. The second-order valence-corrected chi connectivity index (χ2v) is 9.00. The van der Waals surface area contributed by atoms with E-state index in [0.29, 0.717) is 31.5 Å². The Hall–Kier alpha value is -3.78. The number of likely N-dealkylation sites (tertiary alicyclic amines) is 1. The number of rotatable bonds is 8. The first kappa shape index (κ1) is 28.8. The number of halogens is 3. The Labute approximate surface area is 216 Å². The summed E-state index contributed by atoms with van der Waals surface area (Å²) in [4.78, 5) is 42.4. The van der Waals surface area contributed by atoms with Gasteiger partial charge in [0.25, 0.3) is 5.91 Å². The highest BCUT2D eigenvalue weighted by Gasteiger charge is 2.38. The van der Waals surface area contributed by atoms with Crippen molar-refractivity contribution in [2.45, 2.75) is 44.1 Å². The maximum Gasteiger partial charge on any atom is 0.490 e. The molecule has 4 rings (SSSR count). The molecule has 1 aromatic carbocycles. The van der Waals surface area contributed by atoms with E-state index in [4.69, 9.17) is 9.90 Å². The zero-order valence-electron chi connectivity index (χ0n) is 20.5. The third-order valence-corrected chi connectivity index (χ3v) is 6.01. The molecule has 206 valence electrons. The zero-order chi connectivity index (χ0) is 27.9. The molecular weight excluding hydrogens is 509 g/mol. The van der Waals surface area contributed by atoms with E-state index in [9.17, 15) is 27.9 Å². The van der Waals surface area contributed by atoms with Crippen LogP contribution < -0.4 is 16.0 Å². The number of carboxylic acids is 1. The average molecular weight is 539 g/mol. The van der Waals surface area contributed by atoms with Crippen LogP contribution in [0.5, 0.6) is 0 Å². The van der Waals surface area contributed by atoms with Crippen molar-refractivity contribution < 1.29 is 37.8 Å². The predicted octanol–water partition coefficient (Wildman–Crippen LogP) is 0.600. The standard InChI is InChI=1S/C22H28N6O3.C2HF3O2/c1-14(29)28-11-18(12-28)27-21-8-20(25-13-26-21)22(31)24-10-19(30)9-23-17-6-15-4-2-3-5-16(15)7-17;3-2(4,5)1(6)7/h2-5,8,13,17-19,23,30H,6-7,9-12H2,1H3,(H,24,31)(H,25,26,27);(H,6,7). The first-order valence-corrected chi connectivity index (χ1v) is 11.8. The highest BCUT2D eigenvalue weighted by molar-refractivity contribution is 5.92. The number of benzene rings is 1. The van der Waals surface area contributed by atoms with E-state index in [-0.39, 0.29) is 30.1 Å². The van der Waals surface area contributed by atoms with E-state index in [0.717, 1.165) is 12.8 Å². The van der Waals surface area contributed by atoms with Crippen LogP contribution in [0.25, 0.3) is 0 Å². The lowest BCUT2D eigenvalue weighted by Crippen LogP contribution is -2.56. The van der Waals surface area contributed by atoms with Gasteiger partial charge < -0.3 is 31.1 Å². The first-order chi connectivity index (χ1) is 17.9. The minimum Gasteiger partial charge on any atom is -0.475 e. The van der Waals surface area contributed by atoms with Crippen molar-refractivity contribution in [1.29, 1.82) is 0 Å². The van der Waals surface area contributed by atoms with Crippen molar-refractivity contribution in [2.75, 3.05) is 31.5 Å². The van der Waals surface area contributed by atoms with Crippen molar-refractivity contribution >= 4 is 23.6 Å². The molecule has 0 bridgehead atoms. The molecule has 1 aliphatic carbocycles. The van der Waals surface area contributed by atoms with Crippen LogP contribution in [-0.4, -0.2) is 93.4 Å². The minimum absolute atomic E-state index is 0.0475. The van der Waals surface area contributed by atoms with Gasteiger partial charge in [0.05, 0.1) is 12.1 Å². The highest BCUT2D eigenvalue weighted by atomic mass is 19.4. The number of aliphatic hydroxyl groups excluding tert-OH is 1. The normalized spacial score (nSPS) is 16.0. The molecule has 1 unspecified atom stereocenters. The second-order valence-electron chi connectivity index (χ2n) is 9.00. The Balaban J connectivity index is 0.000000505. The summed E-state index contributed by atoms with van der Waals surface area (Å²) in [7, 11) is 0. The fourth-order valence-corrected chi connectivity index (χ4v) is 3.98. The van der Waals surface area contributed by atoms with Gasteiger partial charge in [0.1, 0.15) is 17.8 Å². The Morgan fingerprint density at radius 3 is 2.24 bits per heavy atom. The van der Waals surface area contributed by atoms with E-state index in [1.54, 1.807) is 17.9 Å². The van der Waals surface area contributed by atoms with E-state index in [1.165, 1.54) is 17.5 Å². The monoisotopic (exact) mass is 538 g/mol. The SMILES string of the molecule is CC(=O)N1CC(Nc2cc(C(=O)NCC(O)CNC3Cc4ccccc4C3)ncn2)C1.O=C(O)C(F)(F)F. The Morgan fingerprint density at radius 1 is 1.08 bits per heavy atom. The molecule has 1 fully saturated rings. The van der Waals surface area contributed by atoms with E-state index in [1.807, 2.05) is 12.1 Å². The van der Waals surface area contributed by atoms with Gasteiger partial charge in [-0.1, -0.05) is 24.3 Å². The largest absolute Gasteiger partial charge is 0.490 e. The zero-order valence-corrected chi connectivity index (χ0v) is 20.5. The molecule has 5 N–H and O–H groups in total. The molecular formula is C24H29F3N6O5. The second kappa shape index (κ2) is 12.6. The fraction of sp³-hybridized carbons (Fsp3) is 0.458. The van der Waals surface area contributed by atoms with Crippen molar-refractivity contribution in [3.63, 3.8) is 0 Å². The van der Waals surface area contributed by atoms with Gasteiger partial charge in [-0.3, -0.25) is 9.59 Å². The molecule has 0 saturated carbocycles. The Morgan fingerprint density at radius 2 is 1.68 bits per heavy atom. The number of hydrogen-bond acceptors (Lipinski definition) is 8. The molecule has 11 nitrogen and oxygen atoms in total. The quantitative estimate of drug-likeness (QED) is 0.325. The van der Waals surface area contributed by atoms with Crippen molar-refractivity contribution in [3.05, 3.63) is 53.5 Å². The Kier molecular flexibility index (Phi) is 9.58. The van der Waals surface area contributed by atoms with Crippen LogP contribution >= 0.6 is 0 Å². The topological polar surface area (TPSA) is 157 Å². The lowest BCUT2D eigenvalue weighted by molar-refractivity contribution is -0.192. The summed E-state index contributed by atoms with van der Waals surface area (Å²) in [5.74, 6) is -2.54. The molecule has 2 amide bonds. The summed E-state index contributed by atoms with van der Waals surface area (Å²) < 4.78 is 31.7.